The van der Waals surface area contributed by atoms with Crippen molar-refractivity contribution in [1.82, 2.24) is 24.8 Å². The molecule has 1 saturated heterocycles. The van der Waals surface area contributed by atoms with Gasteiger partial charge in [0.05, 0.1) is 13.7 Å². The first-order valence-electron chi connectivity index (χ1n) is 10.9. The van der Waals surface area contributed by atoms with E-state index >= 15 is 0 Å². The molecule has 7 nitrogen and oxygen atoms in total. The molecule has 2 aromatic heterocycles. The van der Waals surface area contributed by atoms with Gasteiger partial charge in [0, 0.05) is 61.0 Å². The fourth-order valence-corrected chi connectivity index (χ4v) is 4.18. The maximum absolute atomic E-state index is 13.0. The number of likely N-dealkylation sites (N-methyl/N-ethyl adjacent to an activating group) is 1. The van der Waals surface area contributed by atoms with E-state index < -0.39 is 0 Å². The van der Waals surface area contributed by atoms with E-state index in [0.717, 1.165) is 47.5 Å². The molecule has 32 heavy (non-hydrogen) atoms. The Morgan fingerprint density at radius 3 is 2.75 bits per heavy atom. The third-order valence-electron chi connectivity index (χ3n) is 5.86. The zero-order valence-corrected chi connectivity index (χ0v) is 18.6. The van der Waals surface area contributed by atoms with Crippen LogP contribution in [-0.4, -0.2) is 64.5 Å². The zero-order valence-electron chi connectivity index (χ0n) is 18.6. The summed E-state index contributed by atoms with van der Waals surface area (Å²) in [5.41, 5.74) is 4.11. The molecule has 3 heterocycles. The Labute approximate surface area is 189 Å². The highest BCUT2D eigenvalue weighted by Gasteiger charge is 2.26. The van der Waals surface area contributed by atoms with Gasteiger partial charge in [0.1, 0.15) is 12.1 Å². The van der Waals surface area contributed by atoms with Crippen molar-refractivity contribution in [3.63, 3.8) is 0 Å². The van der Waals surface area contributed by atoms with Crippen LogP contribution in [0.5, 0.6) is 5.75 Å². The standard InChI is InChI=1S/C25H29N5O2/c1-29(15-19-5-3-7-23(11-19)32-2)17-25(31)30-10-4-6-21(16-30)24-9-8-20(14-28-24)22-12-26-18-27-13-22/h3,5,7-9,11-14,18,21H,4,6,10,15-17H2,1-2H3/t21-/m0/s1. The van der Waals surface area contributed by atoms with Crippen LogP contribution in [0.3, 0.4) is 0 Å². The molecule has 3 aromatic rings. The van der Waals surface area contributed by atoms with Crippen molar-refractivity contribution in [1.29, 1.82) is 0 Å². The zero-order chi connectivity index (χ0) is 22.3. The minimum absolute atomic E-state index is 0.165. The first kappa shape index (κ1) is 21.9. The summed E-state index contributed by atoms with van der Waals surface area (Å²) in [6.07, 6.45) is 9.00. The van der Waals surface area contributed by atoms with Gasteiger partial charge in [0.2, 0.25) is 5.91 Å². The predicted octanol–water partition coefficient (Wildman–Crippen LogP) is 3.39. The smallest absolute Gasteiger partial charge is 0.236 e. The van der Waals surface area contributed by atoms with Crippen molar-refractivity contribution in [2.75, 3.05) is 33.8 Å². The average molecular weight is 432 g/mol. The number of piperidine rings is 1. The Bertz CT molecular complexity index is 1030. The van der Waals surface area contributed by atoms with Gasteiger partial charge in [-0.25, -0.2) is 9.97 Å². The molecule has 1 fully saturated rings. The summed E-state index contributed by atoms with van der Waals surface area (Å²) in [6.45, 7) is 2.62. The molecule has 0 radical (unpaired) electrons. The molecule has 4 rings (SSSR count). The van der Waals surface area contributed by atoms with Crippen molar-refractivity contribution >= 4 is 5.91 Å². The van der Waals surface area contributed by atoms with Crippen LogP contribution in [0, 0.1) is 0 Å². The summed E-state index contributed by atoms with van der Waals surface area (Å²) in [6, 6.07) is 12.1. The maximum Gasteiger partial charge on any atom is 0.236 e. The molecule has 0 bridgehead atoms. The van der Waals surface area contributed by atoms with Crippen molar-refractivity contribution in [3.8, 4) is 16.9 Å². The Morgan fingerprint density at radius 1 is 1.16 bits per heavy atom. The van der Waals surface area contributed by atoms with Gasteiger partial charge in [-0.15, -0.1) is 0 Å². The van der Waals surface area contributed by atoms with E-state index in [1.54, 1.807) is 19.5 Å². The van der Waals surface area contributed by atoms with Crippen molar-refractivity contribution in [2.45, 2.75) is 25.3 Å². The lowest BCUT2D eigenvalue weighted by atomic mass is 9.93. The number of likely N-dealkylation sites (tertiary alicyclic amines) is 1. The molecule has 166 valence electrons. The summed E-state index contributed by atoms with van der Waals surface area (Å²) in [5.74, 6) is 1.26. The summed E-state index contributed by atoms with van der Waals surface area (Å²) >= 11 is 0. The number of ether oxygens (including phenoxy) is 1. The van der Waals surface area contributed by atoms with Gasteiger partial charge < -0.3 is 9.64 Å². The molecule has 1 aliphatic heterocycles. The van der Waals surface area contributed by atoms with Gasteiger partial charge in [-0.2, -0.15) is 0 Å². The van der Waals surface area contributed by atoms with E-state index in [9.17, 15) is 4.79 Å². The minimum Gasteiger partial charge on any atom is -0.497 e. The fourth-order valence-electron chi connectivity index (χ4n) is 4.18. The number of nitrogens with zero attached hydrogens (tertiary/aromatic N) is 5. The van der Waals surface area contributed by atoms with Crippen LogP contribution in [-0.2, 0) is 11.3 Å². The number of rotatable bonds is 7. The number of benzene rings is 1. The largest absolute Gasteiger partial charge is 0.497 e. The SMILES string of the molecule is COc1cccc(CN(C)CC(=O)N2CCC[C@H](c3ccc(-c4cncnc4)cn3)C2)c1. The summed E-state index contributed by atoms with van der Waals surface area (Å²) < 4.78 is 5.29. The lowest BCUT2D eigenvalue weighted by molar-refractivity contribution is -0.133. The molecule has 1 amide bonds. The second kappa shape index (κ2) is 10.3. The summed E-state index contributed by atoms with van der Waals surface area (Å²) in [5, 5.41) is 0. The third kappa shape index (κ3) is 5.48. The van der Waals surface area contributed by atoms with Crippen LogP contribution in [0.4, 0.5) is 0 Å². The fraction of sp³-hybridized carbons (Fsp3) is 0.360. The van der Waals surface area contributed by atoms with Gasteiger partial charge in [0.25, 0.3) is 0 Å². The second-order valence-electron chi connectivity index (χ2n) is 8.30. The van der Waals surface area contributed by atoms with Gasteiger partial charge in [0.15, 0.2) is 0 Å². The number of hydrogen-bond donors (Lipinski definition) is 0. The minimum atomic E-state index is 0.165. The van der Waals surface area contributed by atoms with E-state index in [1.165, 1.54) is 6.33 Å². The van der Waals surface area contributed by atoms with Gasteiger partial charge >= 0.3 is 0 Å². The number of pyridine rings is 1. The second-order valence-corrected chi connectivity index (χ2v) is 8.30. The van der Waals surface area contributed by atoms with Crippen LogP contribution in [0.25, 0.3) is 11.1 Å². The lowest BCUT2D eigenvalue weighted by Crippen LogP contribution is -2.43. The molecular formula is C25H29N5O2. The van der Waals surface area contributed by atoms with Crippen LogP contribution < -0.4 is 4.74 Å². The molecule has 0 spiro atoms. The molecule has 0 unspecified atom stereocenters. The normalized spacial score (nSPS) is 16.2. The van der Waals surface area contributed by atoms with Crippen molar-refractivity contribution in [2.24, 2.45) is 0 Å². The van der Waals surface area contributed by atoms with E-state index in [2.05, 4.69) is 38.1 Å². The number of aromatic nitrogens is 3. The highest BCUT2D eigenvalue weighted by molar-refractivity contribution is 5.78. The number of amides is 1. The average Bonchev–Trinajstić information content (AvgIpc) is 2.85. The molecule has 1 aliphatic rings. The molecule has 7 heteroatoms. The molecular weight excluding hydrogens is 402 g/mol. The van der Waals surface area contributed by atoms with Crippen LogP contribution in [0.2, 0.25) is 0 Å². The van der Waals surface area contributed by atoms with Gasteiger partial charge in [-0.1, -0.05) is 18.2 Å². The van der Waals surface area contributed by atoms with Gasteiger partial charge in [-0.3, -0.25) is 14.7 Å². The Kier molecular flexibility index (Phi) is 7.07. The first-order valence-corrected chi connectivity index (χ1v) is 10.9. The van der Waals surface area contributed by atoms with E-state index in [-0.39, 0.29) is 11.8 Å². The summed E-state index contributed by atoms with van der Waals surface area (Å²) in [7, 11) is 3.64. The molecule has 0 N–H and O–H groups in total. The maximum atomic E-state index is 13.0. The predicted molar refractivity (Wildman–Crippen MR) is 123 cm³/mol. The quantitative estimate of drug-likeness (QED) is 0.571. The first-order chi connectivity index (χ1) is 15.6. The Balaban J connectivity index is 1.34. The third-order valence-corrected chi connectivity index (χ3v) is 5.86. The molecule has 1 atom stereocenters. The molecule has 0 aliphatic carbocycles. The highest BCUT2D eigenvalue weighted by Crippen LogP contribution is 2.27. The van der Waals surface area contributed by atoms with Crippen LogP contribution in [0.1, 0.15) is 30.0 Å². The van der Waals surface area contributed by atoms with Crippen molar-refractivity contribution < 1.29 is 9.53 Å². The van der Waals surface area contributed by atoms with E-state index in [0.29, 0.717) is 19.6 Å². The van der Waals surface area contributed by atoms with E-state index in [1.807, 2.05) is 36.3 Å². The Morgan fingerprint density at radius 2 is 2.00 bits per heavy atom. The number of hydrogen-bond acceptors (Lipinski definition) is 6. The van der Waals surface area contributed by atoms with Gasteiger partial charge in [-0.05, 0) is 43.7 Å². The number of methoxy groups -OCH3 is 1. The van der Waals surface area contributed by atoms with Crippen LogP contribution in [0.15, 0.2) is 61.3 Å². The van der Waals surface area contributed by atoms with E-state index in [4.69, 9.17) is 4.74 Å². The number of carbonyl (C=O) groups excluding carboxylic acids is 1. The molecule has 0 saturated carbocycles. The monoisotopic (exact) mass is 431 g/mol. The lowest BCUT2D eigenvalue weighted by Gasteiger charge is -2.33. The molecule has 1 aromatic carbocycles. The topological polar surface area (TPSA) is 71.5 Å². The van der Waals surface area contributed by atoms with Crippen LogP contribution >= 0.6 is 0 Å². The summed E-state index contributed by atoms with van der Waals surface area (Å²) in [4.78, 5) is 29.8. The number of carbonyl (C=O) groups is 1. The van der Waals surface area contributed by atoms with Crippen molar-refractivity contribution in [3.05, 3.63) is 72.6 Å². The Hall–Kier alpha value is -3.32. The highest BCUT2D eigenvalue weighted by atomic mass is 16.5.